The van der Waals surface area contributed by atoms with E-state index in [9.17, 15) is 4.79 Å². The molecular formula is C9H8BrN3O2. The van der Waals surface area contributed by atoms with Crippen molar-refractivity contribution in [3.63, 3.8) is 0 Å². The monoisotopic (exact) mass is 269 g/mol. The highest BCUT2D eigenvalue weighted by atomic mass is 79.9. The average molecular weight is 270 g/mol. The van der Waals surface area contributed by atoms with Crippen LogP contribution < -0.4 is 5.73 Å². The van der Waals surface area contributed by atoms with E-state index in [-0.39, 0.29) is 0 Å². The molecule has 2 rings (SSSR count). The molecule has 0 aliphatic carbocycles. The molecule has 2 aromatic heterocycles. The van der Waals surface area contributed by atoms with Crippen molar-refractivity contribution >= 4 is 27.4 Å². The lowest BCUT2D eigenvalue weighted by Crippen LogP contribution is -2.20. The van der Waals surface area contributed by atoms with Gasteiger partial charge in [-0.05, 0) is 12.1 Å². The number of aliphatic carboxylic acids is 1. The number of halogens is 1. The lowest BCUT2D eigenvalue weighted by molar-refractivity contribution is -0.138. The number of hydrogen-bond donors (Lipinski definition) is 2. The molecule has 1 atom stereocenters. The van der Waals surface area contributed by atoms with E-state index in [1.807, 2.05) is 6.07 Å². The second-order valence-corrected chi connectivity index (χ2v) is 4.01. The summed E-state index contributed by atoms with van der Waals surface area (Å²) < 4.78 is 2.44. The lowest BCUT2D eigenvalue weighted by Gasteiger charge is -2.03. The molecule has 15 heavy (non-hydrogen) atoms. The van der Waals surface area contributed by atoms with E-state index in [0.29, 0.717) is 11.1 Å². The van der Waals surface area contributed by atoms with Gasteiger partial charge in [0.25, 0.3) is 0 Å². The number of fused-ring (bicyclic) bond motifs is 1. The van der Waals surface area contributed by atoms with Gasteiger partial charge in [-0.1, -0.05) is 15.9 Å². The van der Waals surface area contributed by atoms with Crippen molar-refractivity contribution in [2.75, 3.05) is 0 Å². The minimum atomic E-state index is -1.06. The van der Waals surface area contributed by atoms with Crippen molar-refractivity contribution in [1.82, 2.24) is 9.61 Å². The molecule has 2 aromatic rings. The zero-order valence-corrected chi connectivity index (χ0v) is 9.18. The van der Waals surface area contributed by atoms with Crippen LogP contribution in [0, 0.1) is 0 Å². The first-order chi connectivity index (χ1) is 7.09. The van der Waals surface area contributed by atoms with E-state index < -0.39 is 12.0 Å². The first kappa shape index (κ1) is 10.1. The maximum atomic E-state index is 10.8. The van der Waals surface area contributed by atoms with E-state index in [0.717, 1.165) is 4.47 Å². The fourth-order valence-electron chi connectivity index (χ4n) is 1.35. The Kier molecular flexibility index (Phi) is 2.45. The first-order valence-electron chi connectivity index (χ1n) is 4.21. The zero-order chi connectivity index (χ0) is 11.0. The van der Waals surface area contributed by atoms with Gasteiger partial charge in [-0.15, -0.1) is 0 Å². The molecule has 0 aromatic carbocycles. The molecule has 3 N–H and O–H groups in total. The summed E-state index contributed by atoms with van der Waals surface area (Å²) in [5.74, 6) is -1.06. The molecule has 0 radical (unpaired) electrons. The maximum absolute atomic E-state index is 10.8. The van der Waals surface area contributed by atoms with Crippen molar-refractivity contribution < 1.29 is 9.90 Å². The Morgan fingerprint density at radius 3 is 3.07 bits per heavy atom. The van der Waals surface area contributed by atoms with Crippen molar-refractivity contribution in [3.8, 4) is 0 Å². The molecule has 6 heteroatoms. The van der Waals surface area contributed by atoms with E-state index in [4.69, 9.17) is 10.8 Å². The molecule has 0 saturated heterocycles. The third-order valence-corrected chi connectivity index (χ3v) is 2.61. The molecule has 1 unspecified atom stereocenters. The zero-order valence-electron chi connectivity index (χ0n) is 7.59. The van der Waals surface area contributed by atoms with Crippen LogP contribution in [0.1, 0.15) is 11.6 Å². The van der Waals surface area contributed by atoms with Gasteiger partial charge < -0.3 is 10.8 Å². The van der Waals surface area contributed by atoms with Gasteiger partial charge >= 0.3 is 5.97 Å². The Morgan fingerprint density at radius 1 is 1.67 bits per heavy atom. The van der Waals surface area contributed by atoms with E-state index in [2.05, 4.69) is 21.0 Å². The van der Waals surface area contributed by atoms with Crippen LogP contribution in [-0.4, -0.2) is 20.7 Å². The van der Waals surface area contributed by atoms with Crippen molar-refractivity contribution in [3.05, 3.63) is 34.6 Å². The quantitative estimate of drug-likeness (QED) is 0.858. The predicted molar refractivity (Wildman–Crippen MR) is 57.5 cm³/mol. The molecule has 0 aliphatic rings. The second-order valence-electron chi connectivity index (χ2n) is 3.09. The Hall–Kier alpha value is -1.40. The van der Waals surface area contributed by atoms with Gasteiger partial charge in [0.1, 0.15) is 6.04 Å². The number of rotatable bonds is 2. The van der Waals surface area contributed by atoms with E-state index >= 15 is 0 Å². The Labute approximate surface area is 93.6 Å². The fraction of sp³-hybridized carbons (Fsp3) is 0.111. The number of nitrogens with zero attached hydrogens (tertiary/aromatic N) is 2. The highest BCUT2D eigenvalue weighted by Gasteiger charge is 2.18. The van der Waals surface area contributed by atoms with Crippen LogP contribution in [0.4, 0.5) is 0 Å². The summed E-state index contributed by atoms with van der Waals surface area (Å²) in [6.07, 6.45) is 3.21. The third kappa shape index (κ3) is 1.73. The highest BCUT2D eigenvalue weighted by molar-refractivity contribution is 9.10. The molecule has 0 bridgehead atoms. The van der Waals surface area contributed by atoms with Gasteiger partial charge in [-0.2, -0.15) is 5.10 Å². The smallest absolute Gasteiger partial charge is 0.325 e. The van der Waals surface area contributed by atoms with Crippen LogP contribution in [0.5, 0.6) is 0 Å². The number of carboxylic acids is 1. The van der Waals surface area contributed by atoms with Gasteiger partial charge in [0.05, 0.1) is 11.7 Å². The summed E-state index contributed by atoms with van der Waals surface area (Å²) in [5, 5.41) is 12.8. The van der Waals surface area contributed by atoms with E-state index in [1.54, 1.807) is 16.8 Å². The normalized spacial score (nSPS) is 12.9. The Morgan fingerprint density at radius 2 is 2.40 bits per heavy atom. The molecule has 78 valence electrons. The third-order valence-electron chi connectivity index (χ3n) is 2.11. The van der Waals surface area contributed by atoms with Gasteiger partial charge in [0.2, 0.25) is 0 Å². The van der Waals surface area contributed by atoms with Crippen LogP contribution in [0.3, 0.4) is 0 Å². The first-order valence-corrected chi connectivity index (χ1v) is 5.00. The van der Waals surface area contributed by atoms with Gasteiger partial charge in [0.15, 0.2) is 0 Å². The largest absolute Gasteiger partial charge is 0.480 e. The summed E-state index contributed by atoms with van der Waals surface area (Å²) in [4.78, 5) is 10.8. The lowest BCUT2D eigenvalue weighted by atomic mass is 10.1. The summed E-state index contributed by atoms with van der Waals surface area (Å²) in [5.41, 5.74) is 6.73. The van der Waals surface area contributed by atoms with Crippen LogP contribution in [0.25, 0.3) is 5.52 Å². The number of aromatic nitrogens is 2. The number of carbonyl (C=O) groups is 1. The average Bonchev–Trinajstić information content (AvgIpc) is 2.59. The SMILES string of the molecule is NC(C(=O)O)c1cnn2ccc(Br)cc12. The maximum Gasteiger partial charge on any atom is 0.325 e. The number of carboxylic acid groups (broad SMARTS) is 1. The minimum absolute atomic E-state index is 0.504. The second kappa shape index (κ2) is 3.63. The van der Waals surface area contributed by atoms with Crippen molar-refractivity contribution in [2.24, 2.45) is 5.73 Å². The number of hydrogen-bond acceptors (Lipinski definition) is 3. The van der Waals surface area contributed by atoms with E-state index in [1.165, 1.54) is 6.20 Å². The van der Waals surface area contributed by atoms with Crippen LogP contribution in [0.2, 0.25) is 0 Å². The topological polar surface area (TPSA) is 80.6 Å². The summed E-state index contributed by atoms with van der Waals surface area (Å²) in [6, 6.07) is 2.55. The molecule has 0 saturated carbocycles. The highest BCUT2D eigenvalue weighted by Crippen LogP contribution is 2.20. The molecule has 2 heterocycles. The predicted octanol–water partition coefficient (Wildman–Crippen LogP) is 1.18. The van der Waals surface area contributed by atoms with Crippen molar-refractivity contribution in [2.45, 2.75) is 6.04 Å². The summed E-state index contributed by atoms with van der Waals surface area (Å²) in [7, 11) is 0. The molecule has 0 amide bonds. The standard InChI is InChI=1S/C9H8BrN3O2/c10-5-1-2-13-7(3-5)6(4-12-13)8(11)9(14)15/h1-4,8H,11H2,(H,14,15). The fourth-order valence-corrected chi connectivity index (χ4v) is 1.68. The van der Waals surface area contributed by atoms with Gasteiger partial charge in [-0.3, -0.25) is 4.79 Å². The summed E-state index contributed by atoms with van der Waals surface area (Å²) in [6.45, 7) is 0. The Balaban J connectivity index is 2.61. The van der Waals surface area contributed by atoms with Crippen LogP contribution >= 0.6 is 15.9 Å². The summed E-state index contributed by atoms with van der Waals surface area (Å²) >= 11 is 3.31. The van der Waals surface area contributed by atoms with Crippen molar-refractivity contribution in [1.29, 1.82) is 0 Å². The number of nitrogens with two attached hydrogens (primary N) is 1. The van der Waals surface area contributed by atoms with Crippen LogP contribution in [-0.2, 0) is 4.79 Å². The van der Waals surface area contributed by atoms with Gasteiger partial charge in [0, 0.05) is 16.2 Å². The number of pyridine rings is 1. The molecular weight excluding hydrogens is 262 g/mol. The Bertz CT molecular complexity index is 523. The minimum Gasteiger partial charge on any atom is -0.480 e. The molecule has 0 aliphatic heterocycles. The molecule has 0 spiro atoms. The van der Waals surface area contributed by atoms with Gasteiger partial charge in [-0.25, -0.2) is 4.52 Å². The molecule has 5 nitrogen and oxygen atoms in total. The van der Waals surface area contributed by atoms with Crippen LogP contribution in [0.15, 0.2) is 29.0 Å². The molecule has 0 fully saturated rings.